The van der Waals surface area contributed by atoms with Crippen LogP contribution >= 0.6 is 23.2 Å². The maximum atomic E-state index is 12.3. The van der Waals surface area contributed by atoms with Crippen LogP contribution in [0.3, 0.4) is 0 Å². The predicted molar refractivity (Wildman–Crippen MR) is 149 cm³/mol. The Labute approximate surface area is 226 Å². The smallest absolute Gasteiger partial charge is 0.150 e. The summed E-state index contributed by atoms with van der Waals surface area (Å²) in [5.41, 5.74) is 3.92. The van der Waals surface area contributed by atoms with Crippen LogP contribution in [0.5, 0.6) is 5.75 Å². The van der Waals surface area contributed by atoms with Crippen molar-refractivity contribution in [3.05, 3.63) is 70.5 Å². The predicted octanol–water partition coefficient (Wildman–Crippen LogP) is 7.60. The molecule has 0 bridgehead atoms. The second-order valence-corrected chi connectivity index (χ2v) is 12.8. The molecule has 0 spiro atoms. The molecule has 0 N–H and O–H groups in total. The minimum absolute atomic E-state index is 0.136. The van der Waals surface area contributed by atoms with Crippen LogP contribution in [0.1, 0.15) is 44.1 Å². The van der Waals surface area contributed by atoms with Gasteiger partial charge in [-0.2, -0.15) is 9.46 Å². The van der Waals surface area contributed by atoms with E-state index in [0.29, 0.717) is 33.7 Å². The number of fused-ring (bicyclic) bond motifs is 1. The first-order valence-electron chi connectivity index (χ1n) is 12.1. The van der Waals surface area contributed by atoms with Crippen molar-refractivity contribution in [3.8, 4) is 17.0 Å². The molecule has 0 amide bonds. The van der Waals surface area contributed by atoms with Gasteiger partial charge in [-0.15, -0.1) is 0 Å². The van der Waals surface area contributed by atoms with Gasteiger partial charge in [-0.05, 0) is 56.5 Å². The minimum atomic E-state index is -2.30. The molecule has 37 heavy (non-hydrogen) atoms. The molecule has 1 saturated heterocycles. The molecule has 2 atom stereocenters. The summed E-state index contributed by atoms with van der Waals surface area (Å²) in [6.07, 6.45) is 8.86. The SMILES string of the molecule is CC(Oc1ccc2c(c1)c(-c1cccc(N=S(C)(C)=O)c1)nn2C1CCCCO1)c1c(Cl)cncc1Cl. The van der Waals surface area contributed by atoms with Gasteiger partial charge in [0, 0.05) is 57.8 Å². The van der Waals surface area contributed by atoms with Crippen molar-refractivity contribution < 1.29 is 13.7 Å². The highest BCUT2D eigenvalue weighted by molar-refractivity contribution is 7.92. The van der Waals surface area contributed by atoms with E-state index < -0.39 is 15.8 Å². The lowest BCUT2D eigenvalue weighted by molar-refractivity contribution is -0.0365. The Morgan fingerprint density at radius 2 is 1.92 bits per heavy atom. The number of ether oxygens (including phenoxy) is 2. The zero-order valence-corrected chi connectivity index (χ0v) is 23.2. The van der Waals surface area contributed by atoms with Crippen molar-refractivity contribution in [3.63, 3.8) is 0 Å². The number of rotatable bonds is 6. The normalized spacial score (nSPS) is 17.1. The summed E-state index contributed by atoms with van der Waals surface area (Å²) >= 11 is 12.7. The van der Waals surface area contributed by atoms with Crippen molar-refractivity contribution in [2.75, 3.05) is 19.1 Å². The van der Waals surface area contributed by atoms with E-state index in [2.05, 4.69) is 9.35 Å². The van der Waals surface area contributed by atoms with E-state index in [1.807, 2.05) is 54.1 Å². The molecule has 4 aromatic rings. The van der Waals surface area contributed by atoms with E-state index in [9.17, 15) is 4.21 Å². The Kier molecular flexibility index (Phi) is 7.45. The van der Waals surface area contributed by atoms with Crippen LogP contribution in [0.2, 0.25) is 10.0 Å². The van der Waals surface area contributed by atoms with Gasteiger partial charge in [0.2, 0.25) is 0 Å². The Hall–Kier alpha value is -2.65. The highest BCUT2D eigenvalue weighted by Crippen LogP contribution is 2.38. The van der Waals surface area contributed by atoms with Gasteiger partial charge in [0.15, 0.2) is 6.23 Å². The minimum Gasteiger partial charge on any atom is -0.486 e. The lowest BCUT2D eigenvalue weighted by Gasteiger charge is -2.23. The van der Waals surface area contributed by atoms with Crippen LogP contribution in [-0.4, -0.2) is 38.1 Å². The average molecular weight is 560 g/mol. The largest absolute Gasteiger partial charge is 0.486 e. The fraction of sp³-hybridized carbons (Fsp3) is 0.333. The first-order valence-corrected chi connectivity index (χ1v) is 15.2. The highest BCUT2D eigenvalue weighted by Gasteiger charge is 2.23. The first kappa shape index (κ1) is 26.0. The molecule has 2 aromatic heterocycles. The van der Waals surface area contributed by atoms with Gasteiger partial charge in [0.1, 0.15) is 17.5 Å². The van der Waals surface area contributed by atoms with E-state index in [1.165, 1.54) is 0 Å². The summed E-state index contributed by atoms with van der Waals surface area (Å²) in [4.78, 5) is 4.03. The molecule has 7 nitrogen and oxygen atoms in total. The van der Waals surface area contributed by atoms with Gasteiger partial charge >= 0.3 is 0 Å². The Bertz CT molecular complexity index is 1550. The molecule has 194 valence electrons. The quantitative estimate of drug-likeness (QED) is 0.243. The highest BCUT2D eigenvalue weighted by atomic mass is 35.5. The van der Waals surface area contributed by atoms with Crippen molar-refractivity contribution in [2.45, 2.75) is 38.5 Å². The van der Waals surface area contributed by atoms with E-state index in [4.69, 9.17) is 37.8 Å². The van der Waals surface area contributed by atoms with Crippen molar-refractivity contribution in [1.82, 2.24) is 14.8 Å². The van der Waals surface area contributed by atoms with Crippen LogP contribution in [0.15, 0.2) is 59.2 Å². The summed E-state index contributed by atoms with van der Waals surface area (Å²) in [5.74, 6) is 0.653. The molecule has 1 aliphatic heterocycles. The number of halogens is 2. The molecule has 2 aromatic carbocycles. The molecule has 0 aliphatic carbocycles. The van der Waals surface area contributed by atoms with E-state index in [1.54, 1.807) is 24.9 Å². The van der Waals surface area contributed by atoms with Crippen LogP contribution < -0.4 is 4.74 Å². The molecule has 5 rings (SSSR count). The van der Waals surface area contributed by atoms with Crippen molar-refractivity contribution >= 4 is 49.5 Å². The number of aromatic nitrogens is 3. The average Bonchev–Trinajstić information content (AvgIpc) is 3.22. The third-order valence-electron chi connectivity index (χ3n) is 6.16. The van der Waals surface area contributed by atoms with Gasteiger partial charge < -0.3 is 9.47 Å². The van der Waals surface area contributed by atoms with E-state index in [-0.39, 0.29) is 6.23 Å². The van der Waals surface area contributed by atoms with Gasteiger partial charge in [-0.1, -0.05) is 35.3 Å². The van der Waals surface area contributed by atoms with Gasteiger partial charge in [-0.25, -0.2) is 8.89 Å². The number of hydrogen-bond donors (Lipinski definition) is 0. The third-order valence-corrected chi connectivity index (χ3v) is 7.41. The molecular weight excluding hydrogens is 531 g/mol. The molecular formula is C27H28Cl2N4O3S. The fourth-order valence-corrected chi connectivity index (χ4v) is 5.87. The Morgan fingerprint density at radius 1 is 1.14 bits per heavy atom. The van der Waals surface area contributed by atoms with Crippen molar-refractivity contribution in [2.24, 2.45) is 4.36 Å². The van der Waals surface area contributed by atoms with Gasteiger partial charge in [0.05, 0.1) is 21.2 Å². The van der Waals surface area contributed by atoms with Crippen LogP contribution in [-0.2, 0) is 14.5 Å². The second-order valence-electron chi connectivity index (χ2n) is 9.39. The zero-order chi connectivity index (χ0) is 26.2. The van der Waals surface area contributed by atoms with Crippen molar-refractivity contribution in [1.29, 1.82) is 0 Å². The zero-order valence-electron chi connectivity index (χ0n) is 20.9. The standard InChI is InChI=1S/C27H28Cl2N4O3S/c1-17(26-22(28)15-30-16-23(26)29)36-20-10-11-24-21(14-20)27(31-33(24)25-9-4-5-12-35-25)18-7-6-8-19(13-18)32-37(2,3)34/h6-8,10-11,13-17,25H,4-5,9,12H2,1-3H3. The van der Waals surface area contributed by atoms with Gasteiger partial charge in [0.25, 0.3) is 0 Å². The summed E-state index contributed by atoms with van der Waals surface area (Å²) in [6.45, 7) is 2.61. The number of hydrogen-bond acceptors (Lipinski definition) is 6. The lowest BCUT2D eigenvalue weighted by Crippen LogP contribution is -2.19. The first-order chi connectivity index (χ1) is 17.7. The Balaban J connectivity index is 1.60. The summed E-state index contributed by atoms with van der Waals surface area (Å²) in [7, 11) is -2.30. The monoisotopic (exact) mass is 558 g/mol. The number of benzene rings is 2. The van der Waals surface area contributed by atoms with E-state index >= 15 is 0 Å². The van der Waals surface area contributed by atoms with Gasteiger partial charge in [-0.3, -0.25) is 4.98 Å². The molecule has 10 heteroatoms. The molecule has 0 radical (unpaired) electrons. The van der Waals surface area contributed by atoms with Crippen LogP contribution in [0.25, 0.3) is 22.2 Å². The third kappa shape index (κ3) is 5.77. The lowest BCUT2D eigenvalue weighted by atomic mass is 10.1. The maximum absolute atomic E-state index is 12.3. The number of pyridine rings is 1. The second kappa shape index (κ2) is 10.6. The molecule has 3 heterocycles. The van der Waals surface area contributed by atoms with Crippen LogP contribution in [0.4, 0.5) is 5.69 Å². The topological polar surface area (TPSA) is 78.6 Å². The molecule has 2 unspecified atom stereocenters. The Morgan fingerprint density at radius 3 is 2.62 bits per heavy atom. The summed E-state index contributed by atoms with van der Waals surface area (Å²) < 4.78 is 31.0. The summed E-state index contributed by atoms with van der Waals surface area (Å²) in [6, 6.07) is 13.5. The fourth-order valence-electron chi connectivity index (χ4n) is 4.58. The summed E-state index contributed by atoms with van der Waals surface area (Å²) in [5, 5.41) is 6.82. The molecule has 1 fully saturated rings. The van der Waals surface area contributed by atoms with Crippen LogP contribution in [0, 0.1) is 0 Å². The van der Waals surface area contributed by atoms with E-state index in [0.717, 1.165) is 41.4 Å². The maximum Gasteiger partial charge on any atom is 0.150 e. The molecule has 1 aliphatic rings. The number of nitrogens with zero attached hydrogens (tertiary/aromatic N) is 4. The molecule has 0 saturated carbocycles.